The van der Waals surface area contributed by atoms with Crippen LogP contribution >= 0.6 is 11.6 Å². The van der Waals surface area contributed by atoms with Crippen LogP contribution in [0, 0.1) is 0 Å². The SMILES string of the molecule is CC(O)(CNCc1ccc(OC(F)F)c(Cl)c1)c1ccco1. The van der Waals surface area contributed by atoms with Crippen molar-refractivity contribution in [2.75, 3.05) is 6.54 Å². The van der Waals surface area contributed by atoms with Crippen LogP contribution < -0.4 is 10.1 Å². The minimum atomic E-state index is -2.91. The molecule has 1 aromatic heterocycles. The molecule has 0 aliphatic heterocycles. The van der Waals surface area contributed by atoms with Crippen LogP contribution in [-0.2, 0) is 12.1 Å². The molecule has 0 spiro atoms. The Kier molecular flexibility index (Phi) is 5.39. The van der Waals surface area contributed by atoms with E-state index in [0.29, 0.717) is 12.3 Å². The van der Waals surface area contributed by atoms with Crippen molar-refractivity contribution >= 4 is 11.6 Å². The lowest BCUT2D eigenvalue weighted by Gasteiger charge is -2.21. The fraction of sp³-hybridized carbons (Fsp3) is 0.333. The molecule has 1 atom stereocenters. The van der Waals surface area contributed by atoms with Crippen molar-refractivity contribution in [2.45, 2.75) is 25.7 Å². The van der Waals surface area contributed by atoms with Gasteiger partial charge in [-0.3, -0.25) is 0 Å². The van der Waals surface area contributed by atoms with Crippen LogP contribution in [0.25, 0.3) is 0 Å². The number of rotatable bonds is 7. The maximum atomic E-state index is 12.1. The average molecular weight is 332 g/mol. The first-order chi connectivity index (χ1) is 10.4. The molecule has 1 aromatic carbocycles. The average Bonchev–Trinajstić information content (AvgIpc) is 2.96. The molecule has 2 aromatic rings. The lowest BCUT2D eigenvalue weighted by molar-refractivity contribution is -0.0498. The van der Waals surface area contributed by atoms with Crippen LogP contribution in [0.1, 0.15) is 18.2 Å². The quantitative estimate of drug-likeness (QED) is 0.815. The molecule has 0 saturated heterocycles. The van der Waals surface area contributed by atoms with E-state index in [-0.39, 0.29) is 17.3 Å². The minimum Gasteiger partial charge on any atom is -0.466 e. The van der Waals surface area contributed by atoms with E-state index in [9.17, 15) is 13.9 Å². The fourth-order valence-electron chi connectivity index (χ4n) is 1.97. The Morgan fingerprint density at radius 3 is 2.77 bits per heavy atom. The van der Waals surface area contributed by atoms with E-state index in [1.165, 1.54) is 18.4 Å². The number of hydrogen-bond donors (Lipinski definition) is 2. The van der Waals surface area contributed by atoms with E-state index in [4.69, 9.17) is 16.0 Å². The lowest BCUT2D eigenvalue weighted by Crippen LogP contribution is -2.34. The molecule has 2 rings (SSSR count). The lowest BCUT2D eigenvalue weighted by atomic mass is 10.0. The van der Waals surface area contributed by atoms with E-state index < -0.39 is 12.2 Å². The largest absolute Gasteiger partial charge is 0.466 e. The van der Waals surface area contributed by atoms with Gasteiger partial charge in [-0.2, -0.15) is 8.78 Å². The highest BCUT2D eigenvalue weighted by molar-refractivity contribution is 6.32. The van der Waals surface area contributed by atoms with Gasteiger partial charge in [0, 0.05) is 13.1 Å². The number of furan rings is 1. The van der Waals surface area contributed by atoms with Crippen LogP contribution in [0.15, 0.2) is 41.0 Å². The van der Waals surface area contributed by atoms with Gasteiger partial charge in [-0.15, -0.1) is 0 Å². The van der Waals surface area contributed by atoms with Gasteiger partial charge >= 0.3 is 6.61 Å². The van der Waals surface area contributed by atoms with E-state index >= 15 is 0 Å². The van der Waals surface area contributed by atoms with Crippen LogP contribution in [0.2, 0.25) is 5.02 Å². The van der Waals surface area contributed by atoms with Crippen LogP contribution in [0.3, 0.4) is 0 Å². The van der Waals surface area contributed by atoms with Gasteiger partial charge < -0.3 is 19.6 Å². The third kappa shape index (κ3) is 4.43. The smallest absolute Gasteiger partial charge is 0.387 e. The van der Waals surface area contributed by atoms with Crippen LogP contribution in [-0.4, -0.2) is 18.3 Å². The zero-order chi connectivity index (χ0) is 16.2. The second-order valence-electron chi connectivity index (χ2n) is 5.00. The van der Waals surface area contributed by atoms with Gasteiger partial charge in [-0.25, -0.2) is 0 Å². The van der Waals surface area contributed by atoms with E-state index in [2.05, 4.69) is 10.1 Å². The van der Waals surface area contributed by atoms with Gasteiger partial charge in [0.25, 0.3) is 0 Å². The van der Waals surface area contributed by atoms with Gasteiger partial charge in [0.05, 0.1) is 11.3 Å². The van der Waals surface area contributed by atoms with Crippen molar-refractivity contribution in [3.8, 4) is 5.75 Å². The van der Waals surface area contributed by atoms with Gasteiger partial charge in [0.2, 0.25) is 0 Å². The highest BCUT2D eigenvalue weighted by atomic mass is 35.5. The van der Waals surface area contributed by atoms with Crippen LogP contribution in [0.5, 0.6) is 5.75 Å². The first-order valence-electron chi connectivity index (χ1n) is 6.59. The molecule has 2 N–H and O–H groups in total. The molecule has 22 heavy (non-hydrogen) atoms. The Balaban J connectivity index is 1.91. The van der Waals surface area contributed by atoms with Crippen molar-refractivity contribution in [3.05, 3.63) is 52.9 Å². The number of alkyl halides is 2. The summed E-state index contributed by atoms with van der Waals surface area (Å²) in [6, 6.07) is 7.93. The van der Waals surface area contributed by atoms with E-state index in [1.807, 2.05) is 0 Å². The number of hydrogen-bond acceptors (Lipinski definition) is 4. The summed E-state index contributed by atoms with van der Waals surface area (Å²) < 4.78 is 33.7. The second-order valence-corrected chi connectivity index (χ2v) is 5.41. The summed E-state index contributed by atoms with van der Waals surface area (Å²) in [4.78, 5) is 0. The zero-order valence-electron chi connectivity index (χ0n) is 11.9. The number of ether oxygens (including phenoxy) is 1. The van der Waals surface area contributed by atoms with Gasteiger partial charge in [-0.1, -0.05) is 17.7 Å². The number of benzene rings is 1. The summed E-state index contributed by atoms with van der Waals surface area (Å²) in [6.07, 6.45) is 1.49. The molecule has 120 valence electrons. The summed E-state index contributed by atoms with van der Waals surface area (Å²) in [5.41, 5.74) is -0.367. The first-order valence-corrected chi connectivity index (χ1v) is 6.96. The summed E-state index contributed by atoms with van der Waals surface area (Å²) in [7, 11) is 0. The molecule has 0 aliphatic rings. The van der Waals surface area contributed by atoms with Crippen molar-refractivity contribution in [1.82, 2.24) is 5.32 Å². The summed E-state index contributed by atoms with van der Waals surface area (Å²) in [5, 5.41) is 13.4. The van der Waals surface area contributed by atoms with Crippen molar-refractivity contribution in [1.29, 1.82) is 0 Å². The fourth-order valence-corrected chi connectivity index (χ4v) is 2.22. The highest BCUT2D eigenvalue weighted by Crippen LogP contribution is 2.27. The Morgan fingerprint density at radius 2 is 2.18 bits per heavy atom. The van der Waals surface area contributed by atoms with E-state index in [1.54, 1.807) is 25.1 Å². The molecule has 0 saturated carbocycles. The summed E-state index contributed by atoms with van der Waals surface area (Å²) in [5.74, 6) is 0.390. The second kappa shape index (κ2) is 7.09. The molecule has 0 amide bonds. The molecule has 0 bridgehead atoms. The Morgan fingerprint density at radius 1 is 1.41 bits per heavy atom. The normalized spacial score (nSPS) is 14.1. The maximum absolute atomic E-state index is 12.1. The monoisotopic (exact) mass is 331 g/mol. The van der Waals surface area contributed by atoms with Crippen molar-refractivity contribution < 1.29 is 23.0 Å². The molecular weight excluding hydrogens is 316 g/mol. The summed E-state index contributed by atoms with van der Waals surface area (Å²) >= 11 is 5.87. The number of aliphatic hydroxyl groups is 1. The predicted octanol–water partition coefficient (Wildman–Crippen LogP) is 3.53. The third-order valence-corrected chi connectivity index (χ3v) is 3.36. The topological polar surface area (TPSA) is 54.6 Å². The molecular formula is C15H16ClF2NO3. The Hall–Kier alpha value is -1.63. The Labute approximate surface area is 131 Å². The molecule has 4 nitrogen and oxygen atoms in total. The number of halogens is 3. The maximum Gasteiger partial charge on any atom is 0.387 e. The standard InChI is InChI=1S/C15H16ClF2NO3/c1-15(20,13-3-2-6-21-13)9-19-8-10-4-5-12(11(16)7-10)22-14(17)18/h2-7,14,19-20H,8-9H2,1H3. The molecule has 0 radical (unpaired) electrons. The predicted molar refractivity (Wildman–Crippen MR) is 78.1 cm³/mol. The minimum absolute atomic E-state index is 0.0667. The molecule has 0 aliphatic carbocycles. The van der Waals surface area contributed by atoms with Crippen molar-refractivity contribution in [2.24, 2.45) is 0 Å². The molecule has 1 unspecified atom stereocenters. The summed E-state index contributed by atoms with van der Waals surface area (Å²) in [6.45, 7) is -0.616. The zero-order valence-corrected chi connectivity index (χ0v) is 12.6. The van der Waals surface area contributed by atoms with Crippen molar-refractivity contribution in [3.63, 3.8) is 0 Å². The first kappa shape index (κ1) is 16.7. The Bertz CT molecular complexity index is 603. The third-order valence-electron chi connectivity index (χ3n) is 3.06. The van der Waals surface area contributed by atoms with Gasteiger partial charge in [0.15, 0.2) is 0 Å². The molecule has 0 fully saturated rings. The molecule has 7 heteroatoms. The number of nitrogens with one attached hydrogen (secondary N) is 1. The van der Waals surface area contributed by atoms with Gasteiger partial charge in [0.1, 0.15) is 17.1 Å². The highest BCUT2D eigenvalue weighted by Gasteiger charge is 2.25. The van der Waals surface area contributed by atoms with E-state index in [0.717, 1.165) is 5.56 Å². The molecule has 1 heterocycles. The van der Waals surface area contributed by atoms with Gasteiger partial charge in [-0.05, 0) is 36.8 Å². The van der Waals surface area contributed by atoms with Crippen LogP contribution in [0.4, 0.5) is 8.78 Å².